The number of carbonyl (C=O) groups excluding carboxylic acids is 2. The predicted molar refractivity (Wildman–Crippen MR) is 99.7 cm³/mol. The first kappa shape index (κ1) is 21.2. The molecule has 148 valence electrons. The molecular weight excluding hydrogens is 396 g/mol. The minimum Gasteiger partial charge on any atom is -0.493 e. The van der Waals surface area contributed by atoms with E-state index < -0.39 is 25.1 Å². The maximum atomic E-state index is 12.3. The quantitative estimate of drug-likeness (QED) is 0.522. The highest BCUT2D eigenvalue weighted by Gasteiger charge is 2.11. The van der Waals surface area contributed by atoms with Gasteiger partial charge in [0.05, 0.1) is 7.11 Å². The van der Waals surface area contributed by atoms with Crippen molar-refractivity contribution in [1.82, 2.24) is 0 Å². The first-order valence-corrected chi connectivity index (χ1v) is 8.28. The molecule has 0 unspecified atom stereocenters. The van der Waals surface area contributed by atoms with Crippen molar-refractivity contribution >= 4 is 35.2 Å². The van der Waals surface area contributed by atoms with E-state index in [9.17, 15) is 18.4 Å². The predicted octanol–water partition coefficient (Wildman–Crippen LogP) is 4.15. The summed E-state index contributed by atoms with van der Waals surface area (Å²) >= 11 is 5.81. The van der Waals surface area contributed by atoms with Gasteiger partial charge in [0, 0.05) is 16.8 Å². The number of esters is 1. The molecule has 0 saturated carbocycles. The summed E-state index contributed by atoms with van der Waals surface area (Å²) in [5.74, 6) is -1.33. The fraction of sp³-hybridized carbons (Fsp3) is 0.158. The molecule has 6 nitrogen and oxygen atoms in total. The number of benzene rings is 2. The van der Waals surface area contributed by atoms with E-state index in [4.69, 9.17) is 21.1 Å². The van der Waals surface area contributed by atoms with Gasteiger partial charge in [0.1, 0.15) is 0 Å². The zero-order valence-corrected chi connectivity index (χ0v) is 15.4. The molecule has 2 aromatic rings. The standard InChI is InChI=1S/C19H16ClF2NO5/c1-26-16-9-12(5-7-15(16)28-19(21)22)6-8-18(25)27-11-17(24)23-14-4-2-3-13(20)10-14/h2-10,19H,11H2,1H3,(H,23,24)/b8-6+. The third kappa shape index (κ3) is 6.88. The van der Waals surface area contributed by atoms with Crippen LogP contribution in [0.5, 0.6) is 11.5 Å². The lowest BCUT2D eigenvalue weighted by atomic mass is 10.2. The fourth-order valence-corrected chi connectivity index (χ4v) is 2.28. The largest absolute Gasteiger partial charge is 0.493 e. The van der Waals surface area contributed by atoms with Gasteiger partial charge in [-0.1, -0.05) is 23.7 Å². The normalized spacial score (nSPS) is 10.8. The molecule has 0 aliphatic rings. The van der Waals surface area contributed by atoms with Crippen LogP contribution in [0.15, 0.2) is 48.5 Å². The molecule has 0 fully saturated rings. The van der Waals surface area contributed by atoms with E-state index in [1.54, 1.807) is 24.3 Å². The molecule has 0 spiro atoms. The molecule has 0 bridgehead atoms. The van der Waals surface area contributed by atoms with Gasteiger partial charge in [0.15, 0.2) is 18.1 Å². The summed E-state index contributed by atoms with van der Waals surface area (Å²) in [6, 6.07) is 10.7. The van der Waals surface area contributed by atoms with Crippen molar-refractivity contribution in [2.24, 2.45) is 0 Å². The Labute approximate surface area is 164 Å². The molecule has 0 aromatic heterocycles. The topological polar surface area (TPSA) is 73.9 Å². The molecule has 0 aliphatic heterocycles. The van der Waals surface area contributed by atoms with Gasteiger partial charge in [0.2, 0.25) is 0 Å². The molecule has 0 heterocycles. The maximum absolute atomic E-state index is 12.3. The first-order chi connectivity index (χ1) is 13.4. The Balaban J connectivity index is 1.88. The number of methoxy groups -OCH3 is 1. The maximum Gasteiger partial charge on any atom is 0.387 e. The van der Waals surface area contributed by atoms with E-state index in [2.05, 4.69) is 10.1 Å². The number of anilines is 1. The lowest BCUT2D eigenvalue weighted by Crippen LogP contribution is -2.20. The van der Waals surface area contributed by atoms with Gasteiger partial charge in [-0.3, -0.25) is 4.79 Å². The van der Waals surface area contributed by atoms with Crippen LogP contribution in [0, 0.1) is 0 Å². The monoisotopic (exact) mass is 411 g/mol. The summed E-state index contributed by atoms with van der Waals surface area (Å²) < 4.78 is 38.7. The molecule has 2 rings (SSSR count). The SMILES string of the molecule is COc1cc(/C=C/C(=O)OCC(=O)Nc2cccc(Cl)c2)ccc1OC(F)F. The average molecular weight is 412 g/mol. The van der Waals surface area contributed by atoms with Gasteiger partial charge in [-0.25, -0.2) is 4.79 Å². The van der Waals surface area contributed by atoms with E-state index in [1.807, 2.05) is 0 Å². The molecule has 9 heteroatoms. The van der Waals surface area contributed by atoms with Crippen molar-refractivity contribution in [2.75, 3.05) is 19.0 Å². The van der Waals surface area contributed by atoms with E-state index in [0.717, 1.165) is 6.08 Å². The van der Waals surface area contributed by atoms with Gasteiger partial charge in [-0.15, -0.1) is 0 Å². The molecule has 0 saturated heterocycles. The van der Waals surface area contributed by atoms with Crippen LogP contribution in [-0.2, 0) is 14.3 Å². The van der Waals surface area contributed by atoms with Gasteiger partial charge >= 0.3 is 12.6 Å². The molecule has 0 atom stereocenters. The van der Waals surface area contributed by atoms with Crippen molar-refractivity contribution in [1.29, 1.82) is 0 Å². The van der Waals surface area contributed by atoms with E-state index >= 15 is 0 Å². The number of carbonyl (C=O) groups is 2. The highest BCUT2D eigenvalue weighted by atomic mass is 35.5. The smallest absolute Gasteiger partial charge is 0.387 e. The number of halogens is 3. The molecule has 28 heavy (non-hydrogen) atoms. The van der Waals surface area contributed by atoms with Crippen LogP contribution in [-0.4, -0.2) is 32.2 Å². The zero-order valence-electron chi connectivity index (χ0n) is 14.7. The molecule has 1 amide bonds. The van der Waals surface area contributed by atoms with Crippen LogP contribution in [0.1, 0.15) is 5.56 Å². The number of rotatable bonds is 8. The lowest BCUT2D eigenvalue weighted by molar-refractivity contribution is -0.142. The van der Waals surface area contributed by atoms with E-state index in [1.165, 1.54) is 31.4 Å². The molecule has 0 radical (unpaired) electrons. The molecule has 2 aromatic carbocycles. The highest BCUT2D eigenvalue weighted by molar-refractivity contribution is 6.30. The fourth-order valence-electron chi connectivity index (χ4n) is 2.09. The number of ether oxygens (including phenoxy) is 3. The Bertz CT molecular complexity index is 873. The Morgan fingerprint density at radius 3 is 2.64 bits per heavy atom. The number of hydrogen-bond donors (Lipinski definition) is 1. The van der Waals surface area contributed by atoms with Crippen LogP contribution < -0.4 is 14.8 Å². The van der Waals surface area contributed by atoms with Crippen molar-refractivity contribution in [3.8, 4) is 11.5 Å². The lowest BCUT2D eigenvalue weighted by Gasteiger charge is -2.10. The van der Waals surface area contributed by atoms with Crippen LogP contribution >= 0.6 is 11.6 Å². The Hall–Kier alpha value is -3.13. The third-order valence-corrected chi connectivity index (χ3v) is 3.50. The minimum absolute atomic E-state index is 0.0803. The van der Waals surface area contributed by atoms with Gasteiger partial charge in [-0.2, -0.15) is 8.78 Å². The van der Waals surface area contributed by atoms with Gasteiger partial charge in [0.25, 0.3) is 5.91 Å². The Morgan fingerprint density at radius 1 is 1.18 bits per heavy atom. The first-order valence-electron chi connectivity index (χ1n) is 7.90. The minimum atomic E-state index is -2.98. The van der Waals surface area contributed by atoms with Crippen LogP contribution in [0.4, 0.5) is 14.5 Å². The average Bonchev–Trinajstić information content (AvgIpc) is 2.65. The zero-order chi connectivity index (χ0) is 20.5. The second-order valence-electron chi connectivity index (χ2n) is 5.29. The van der Waals surface area contributed by atoms with Gasteiger partial charge < -0.3 is 19.5 Å². The third-order valence-electron chi connectivity index (χ3n) is 3.27. The summed E-state index contributed by atoms with van der Waals surface area (Å²) in [5.41, 5.74) is 0.959. The summed E-state index contributed by atoms with van der Waals surface area (Å²) in [5, 5.41) is 2.99. The van der Waals surface area contributed by atoms with Gasteiger partial charge in [-0.05, 0) is 42.0 Å². The van der Waals surface area contributed by atoms with Crippen molar-refractivity contribution in [3.63, 3.8) is 0 Å². The number of hydrogen-bond acceptors (Lipinski definition) is 5. The Morgan fingerprint density at radius 2 is 1.96 bits per heavy atom. The van der Waals surface area contributed by atoms with E-state index in [0.29, 0.717) is 16.3 Å². The summed E-state index contributed by atoms with van der Waals surface area (Å²) in [7, 11) is 1.30. The van der Waals surface area contributed by atoms with Crippen LogP contribution in [0.25, 0.3) is 6.08 Å². The number of nitrogens with one attached hydrogen (secondary N) is 1. The second-order valence-corrected chi connectivity index (χ2v) is 5.72. The van der Waals surface area contributed by atoms with Crippen molar-refractivity contribution < 1.29 is 32.6 Å². The molecule has 0 aliphatic carbocycles. The summed E-state index contributed by atoms with van der Waals surface area (Å²) in [6.07, 6.45) is 2.47. The number of amides is 1. The summed E-state index contributed by atoms with van der Waals surface area (Å²) in [6.45, 7) is -3.47. The molecular formula is C19H16ClF2NO5. The molecule has 1 N–H and O–H groups in total. The Kier molecular flexibility index (Phi) is 7.76. The van der Waals surface area contributed by atoms with Crippen LogP contribution in [0.2, 0.25) is 5.02 Å². The summed E-state index contributed by atoms with van der Waals surface area (Å²) in [4.78, 5) is 23.5. The van der Waals surface area contributed by atoms with Crippen LogP contribution in [0.3, 0.4) is 0 Å². The van der Waals surface area contributed by atoms with E-state index in [-0.39, 0.29) is 11.5 Å². The highest BCUT2D eigenvalue weighted by Crippen LogP contribution is 2.29. The second kappa shape index (κ2) is 10.3. The van der Waals surface area contributed by atoms with Crippen molar-refractivity contribution in [3.05, 3.63) is 59.1 Å². The van der Waals surface area contributed by atoms with Crippen molar-refractivity contribution in [2.45, 2.75) is 6.61 Å². The number of alkyl halides is 2.